The van der Waals surface area contributed by atoms with Crippen LogP contribution in [0.3, 0.4) is 0 Å². The molecule has 5 heteroatoms. The van der Waals surface area contributed by atoms with Gasteiger partial charge in [-0.05, 0) is 6.26 Å². The van der Waals surface area contributed by atoms with Gasteiger partial charge in [-0.25, -0.2) is 0 Å². The molecule has 0 aromatic rings. The number of hydrogen-bond acceptors (Lipinski definition) is 5. The van der Waals surface area contributed by atoms with Gasteiger partial charge in [0.15, 0.2) is 0 Å². The van der Waals surface area contributed by atoms with Crippen molar-refractivity contribution in [2.75, 3.05) is 12.0 Å². The topological polar surface area (TPSA) is 23.8 Å². The molecule has 1 heterocycles. The van der Waals surface area contributed by atoms with Crippen LogP contribution in [-0.2, 0) is 0 Å². The second-order valence-corrected chi connectivity index (χ2v) is 7.02. The van der Waals surface area contributed by atoms with Crippen LogP contribution in [0.15, 0.2) is 19.3 Å². The van der Waals surface area contributed by atoms with E-state index in [1.165, 1.54) is 8.47 Å². The van der Waals surface area contributed by atoms with E-state index in [-0.39, 0.29) is 0 Å². The fourth-order valence-electron chi connectivity index (χ4n) is 0.714. The maximum atomic E-state index is 8.40. The SMILES string of the molecule is C=C1SC(SC)=C(SCCC#N)S1. The van der Waals surface area contributed by atoms with Crippen LogP contribution in [0, 0.1) is 11.3 Å². The number of thioether (sulfide) groups is 4. The lowest BCUT2D eigenvalue weighted by molar-refractivity contribution is 1.24. The summed E-state index contributed by atoms with van der Waals surface area (Å²) < 4.78 is 3.79. The molecule has 0 unspecified atom stereocenters. The molecule has 0 aromatic heterocycles. The summed E-state index contributed by atoms with van der Waals surface area (Å²) in [5.41, 5.74) is 0. The van der Waals surface area contributed by atoms with Crippen LogP contribution in [0.2, 0.25) is 0 Å². The average molecular weight is 247 g/mol. The Bertz CT molecular complexity index is 276. The fraction of sp³-hybridized carbons (Fsp3) is 0.375. The zero-order chi connectivity index (χ0) is 9.68. The molecule has 0 saturated carbocycles. The van der Waals surface area contributed by atoms with Gasteiger partial charge in [-0.15, -0.1) is 23.5 Å². The Morgan fingerprint density at radius 1 is 1.46 bits per heavy atom. The van der Waals surface area contributed by atoms with Crippen molar-refractivity contribution in [1.82, 2.24) is 0 Å². The zero-order valence-corrected chi connectivity index (χ0v) is 10.5. The minimum absolute atomic E-state index is 0.619. The Morgan fingerprint density at radius 2 is 2.15 bits per heavy atom. The Morgan fingerprint density at radius 3 is 2.77 bits per heavy atom. The monoisotopic (exact) mass is 247 g/mol. The lowest BCUT2D eigenvalue weighted by atomic mass is 10.6. The van der Waals surface area contributed by atoms with Crippen molar-refractivity contribution < 1.29 is 0 Å². The van der Waals surface area contributed by atoms with Gasteiger partial charge >= 0.3 is 0 Å². The lowest BCUT2D eigenvalue weighted by Crippen LogP contribution is -1.75. The molecule has 0 saturated heterocycles. The molecule has 0 radical (unpaired) electrons. The van der Waals surface area contributed by atoms with Gasteiger partial charge in [0.1, 0.15) is 0 Å². The highest BCUT2D eigenvalue weighted by Crippen LogP contribution is 2.55. The van der Waals surface area contributed by atoms with Gasteiger partial charge in [-0.1, -0.05) is 30.1 Å². The first kappa shape index (κ1) is 11.4. The summed E-state index contributed by atoms with van der Waals surface area (Å²) in [5.74, 6) is 0.886. The minimum Gasteiger partial charge on any atom is -0.198 e. The molecule has 70 valence electrons. The van der Waals surface area contributed by atoms with E-state index in [0.29, 0.717) is 6.42 Å². The third kappa shape index (κ3) is 3.55. The van der Waals surface area contributed by atoms with E-state index in [1.54, 1.807) is 47.0 Å². The van der Waals surface area contributed by atoms with Crippen molar-refractivity contribution in [2.24, 2.45) is 0 Å². The molecule has 1 rings (SSSR count). The van der Waals surface area contributed by atoms with Gasteiger partial charge < -0.3 is 0 Å². The average Bonchev–Trinajstić information content (AvgIpc) is 2.47. The van der Waals surface area contributed by atoms with Crippen LogP contribution >= 0.6 is 47.0 Å². The Balaban J connectivity index is 2.47. The van der Waals surface area contributed by atoms with E-state index in [0.717, 1.165) is 9.99 Å². The van der Waals surface area contributed by atoms with E-state index in [2.05, 4.69) is 18.9 Å². The summed E-state index contributed by atoms with van der Waals surface area (Å²) >= 11 is 6.99. The van der Waals surface area contributed by atoms with Crippen LogP contribution in [0.5, 0.6) is 0 Å². The Labute approximate surface area is 95.8 Å². The highest BCUT2D eigenvalue weighted by molar-refractivity contribution is 8.40. The van der Waals surface area contributed by atoms with Gasteiger partial charge in [0, 0.05) is 16.4 Å². The molecule has 13 heavy (non-hydrogen) atoms. The van der Waals surface area contributed by atoms with Crippen molar-refractivity contribution in [3.05, 3.63) is 19.3 Å². The molecule has 0 fully saturated rings. The van der Waals surface area contributed by atoms with E-state index in [4.69, 9.17) is 5.26 Å². The smallest absolute Gasteiger partial charge is 0.0659 e. The molecule has 0 aliphatic carbocycles. The second kappa shape index (κ2) is 5.97. The standard InChI is InChI=1S/C8H9NS4/c1-6-12-7(10-2)8(13-6)11-5-3-4-9/h1,3,5H2,2H3. The maximum absolute atomic E-state index is 8.40. The minimum atomic E-state index is 0.619. The van der Waals surface area contributed by atoms with Crippen LogP contribution in [0.1, 0.15) is 6.42 Å². The third-order valence-corrected chi connectivity index (χ3v) is 6.27. The zero-order valence-electron chi connectivity index (χ0n) is 7.20. The molecule has 0 aromatic carbocycles. The number of hydrogen-bond donors (Lipinski definition) is 0. The van der Waals surface area contributed by atoms with Crippen molar-refractivity contribution in [3.63, 3.8) is 0 Å². The van der Waals surface area contributed by atoms with Gasteiger partial charge in [0.2, 0.25) is 0 Å². The number of nitriles is 1. The molecule has 0 spiro atoms. The molecule has 0 atom stereocenters. The van der Waals surface area contributed by atoms with Crippen LogP contribution in [-0.4, -0.2) is 12.0 Å². The summed E-state index contributed by atoms with van der Waals surface area (Å²) in [7, 11) is 0. The van der Waals surface area contributed by atoms with Crippen molar-refractivity contribution >= 4 is 47.0 Å². The van der Waals surface area contributed by atoms with E-state index in [9.17, 15) is 0 Å². The summed E-state index contributed by atoms with van der Waals surface area (Å²) in [4.78, 5) is 0. The Hall–Kier alpha value is 0.370. The van der Waals surface area contributed by atoms with Gasteiger partial charge in [-0.2, -0.15) is 5.26 Å². The largest absolute Gasteiger partial charge is 0.198 e. The summed E-state index contributed by atoms with van der Waals surface area (Å²) in [6.45, 7) is 3.92. The molecule has 1 aliphatic rings. The van der Waals surface area contributed by atoms with Gasteiger partial charge in [-0.3, -0.25) is 0 Å². The fourth-order valence-corrected chi connectivity index (χ4v) is 5.72. The van der Waals surface area contributed by atoms with Crippen LogP contribution in [0.25, 0.3) is 0 Å². The van der Waals surface area contributed by atoms with Gasteiger partial charge in [0.25, 0.3) is 0 Å². The predicted molar refractivity (Wildman–Crippen MR) is 67.6 cm³/mol. The van der Waals surface area contributed by atoms with E-state index in [1.807, 2.05) is 0 Å². The quantitative estimate of drug-likeness (QED) is 0.697. The normalized spacial score (nSPS) is 16.5. The first-order chi connectivity index (χ1) is 6.27. The maximum Gasteiger partial charge on any atom is 0.0659 e. The van der Waals surface area contributed by atoms with Crippen molar-refractivity contribution in [1.29, 1.82) is 5.26 Å². The molecule has 1 aliphatic heterocycles. The highest BCUT2D eigenvalue weighted by Gasteiger charge is 2.18. The lowest BCUT2D eigenvalue weighted by Gasteiger charge is -1.99. The number of nitrogens with zero attached hydrogens (tertiary/aromatic N) is 1. The van der Waals surface area contributed by atoms with E-state index >= 15 is 0 Å². The first-order valence-electron chi connectivity index (χ1n) is 3.60. The third-order valence-electron chi connectivity index (χ3n) is 1.21. The second-order valence-electron chi connectivity index (χ2n) is 2.11. The van der Waals surface area contributed by atoms with E-state index < -0.39 is 0 Å². The molecule has 0 bridgehead atoms. The predicted octanol–water partition coefficient (Wildman–Crippen LogP) is 4.07. The first-order valence-corrected chi connectivity index (χ1v) is 7.45. The molecule has 0 amide bonds. The summed E-state index contributed by atoms with van der Waals surface area (Å²) in [5, 5.41) is 8.40. The summed E-state index contributed by atoms with van der Waals surface area (Å²) in [6.07, 6.45) is 2.69. The van der Waals surface area contributed by atoms with Crippen molar-refractivity contribution in [2.45, 2.75) is 6.42 Å². The van der Waals surface area contributed by atoms with Crippen LogP contribution in [0.4, 0.5) is 0 Å². The summed E-state index contributed by atoms with van der Waals surface area (Å²) in [6, 6.07) is 2.15. The Kier molecular flexibility index (Phi) is 5.25. The molecule has 1 nitrogen and oxygen atoms in total. The van der Waals surface area contributed by atoms with Crippen molar-refractivity contribution in [3.8, 4) is 6.07 Å². The number of rotatable bonds is 4. The molecule has 0 N–H and O–H groups in total. The van der Waals surface area contributed by atoms with Gasteiger partial charge in [0.05, 0.1) is 14.5 Å². The molecular weight excluding hydrogens is 238 g/mol. The van der Waals surface area contributed by atoms with Crippen LogP contribution < -0.4 is 0 Å². The molecular formula is C8H9NS4. The highest BCUT2D eigenvalue weighted by atomic mass is 32.3.